The Kier molecular flexibility index (Phi) is 5.23. The maximum Gasteiger partial charge on any atom is 0.0722 e. The fraction of sp³-hybridized carbons (Fsp3) is 0.500. The molecule has 0 fully saturated rings. The third-order valence-corrected chi connectivity index (χ3v) is 3.40. The minimum Gasteiger partial charge on any atom is -0.380 e. The maximum atomic E-state index is 6.11. The number of hydrogen-bond acceptors (Lipinski definition) is 1. The molecule has 0 amide bonds. The number of nitrogens with one attached hydrogen (secondary N) is 1. The third-order valence-electron chi connectivity index (χ3n) is 2.58. The molecule has 0 saturated heterocycles. The van der Waals surface area contributed by atoms with E-state index in [-0.39, 0.29) is 0 Å². The molecule has 1 N–H and O–H groups in total. The lowest BCUT2D eigenvalue weighted by molar-refractivity contribution is 0.511. The zero-order valence-corrected chi connectivity index (χ0v) is 11.9. The highest BCUT2D eigenvalue weighted by Gasteiger charge is 2.15. The van der Waals surface area contributed by atoms with Crippen LogP contribution in [0.15, 0.2) is 12.1 Å². The van der Waals surface area contributed by atoms with Gasteiger partial charge in [0.15, 0.2) is 0 Å². The van der Waals surface area contributed by atoms with Gasteiger partial charge in [-0.05, 0) is 24.5 Å². The molecule has 0 aliphatic heterocycles. The van der Waals surface area contributed by atoms with Gasteiger partial charge in [-0.3, -0.25) is 0 Å². The van der Waals surface area contributed by atoms with Crippen molar-refractivity contribution in [2.24, 2.45) is 5.92 Å². The quantitative estimate of drug-likeness (QED) is 0.768. The molecule has 0 aliphatic carbocycles. The Balaban J connectivity index is 2.96. The van der Waals surface area contributed by atoms with Crippen LogP contribution in [0.4, 0.5) is 5.69 Å². The normalized spacial score (nSPS) is 12.9. The van der Waals surface area contributed by atoms with E-state index in [2.05, 4.69) is 26.1 Å². The molecule has 1 nitrogen and oxygen atoms in total. The highest BCUT2D eigenvalue weighted by atomic mass is 35.5. The molecule has 0 bridgehead atoms. The summed E-state index contributed by atoms with van der Waals surface area (Å²) in [6.45, 7) is 6.47. The predicted molar refractivity (Wildman–Crippen MR) is 74.0 cm³/mol. The molecule has 0 spiro atoms. The van der Waals surface area contributed by atoms with E-state index in [0.29, 0.717) is 27.0 Å². The Hall–Kier alpha value is -0.110. The van der Waals surface area contributed by atoms with Gasteiger partial charge in [0.25, 0.3) is 0 Å². The van der Waals surface area contributed by atoms with Crippen molar-refractivity contribution in [1.29, 1.82) is 0 Å². The van der Waals surface area contributed by atoms with Gasteiger partial charge < -0.3 is 5.32 Å². The second-order valence-electron chi connectivity index (χ2n) is 4.15. The average Bonchev–Trinajstić information content (AvgIpc) is 2.15. The summed E-state index contributed by atoms with van der Waals surface area (Å²) in [5.74, 6) is 0.521. The molecule has 0 aromatic heterocycles. The Morgan fingerprint density at radius 1 is 1.12 bits per heavy atom. The smallest absolute Gasteiger partial charge is 0.0722 e. The summed E-state index contributed by atoms with van der Waals surface area (Å²) in [6.07, 6.45) is 1.02. The molecule has 0 saturated carbocycles. The van der Waals surface area contributed by atoms with Crippen LogP contribution in [0.3, 0.4) is 0 Å². The van der Waals surface area contributed by atoms with Crippen molar-refractivity contribution in [2.75, 3.05) is 5.32 Å². The number of benzene rings is 1. The largest absolute Gasteiger partial charge is 0.380 e. The average molecular weight is 281 g/mol. The number of rotatable bonds is 4. The second-order valence-corrected chi connectivity index (χ2v) is 5.40. The lowest BCUT2D eigenvalue weighted by atomic mass is 10.0. The molecular weight excluding hydrogens is 264 g/mol. The predicted octanol–water partition coefficient (Wildman–Crippen LogP) is 5.49. The van der Waals surface area contributed by atoms with Crippen molar-refractivity contribution >= 4 is 40.5 Å². The number of anilines is 1. The van der Waals surface area contributed by atoms with Crippen LogP contribution in [0.25, 0.3) is 0 Å². The van der Waals surface area contributed by atoms with E-state index >= 15 is 0 Å². The molecule has 1 atom stereocenters. The van der Waals surface area contributed by atoms with Crippen LogP contribution in [0.2, 0.25) is 15.1 Å². The van der Waals surface area contributed by atoms with E-state index in [1.54, 1.807) is 12.1 Å². The van der Waals surface area contributed by atoms with E-state index in [1.807, 2.05) is 0 Å². The van der Waals surface area contributed by atoms with Gasteiger partial charge in [-0.1, -0.05) is 55.6 Å². The van der Waals surface area contributed by atoms with Gasteiger partial charge in [-0.25, -0.2) is 0 Å². The summed E-state index contributed by atoms with van der Waals surface area (Å²) in [4.78, 5) is 0. The van der Waals surface area contributed by atoms with Gasteiger partial charge in [-0.2, -0.15) is 0 Å². The molecule has 0 radical (unpaired) electrons. The maximum absolute atomic E-state index is 6.11. The molecule has 4 heteroatoms. The van der Waals surface area contributed by atoms with Crippen molar-refractivity contribution in [3.8, 4) is 0 Å². The summed E-state index contributed by atoms with van der Waals surface area (Å²) in [5.41, 5.74) is 0.772. The lowest BCUT2D eigenvalue weighted by Gasteiger charge is -2.23. The minimum absolute atomic E-state index is 0.358. The monoisotopic (exact) mass is 279 g/mol. The Morgan fingerprint density at radius 2 is 1.62 bits per heavy atom. The van der Waals surface area contributed by atoms with Crippen molar-refractivity contribution in [1.82, 2.24) is 0 Å². The van der Waals surface area contributed by atoms with Crippen LogP contribution >= 0.6 is 34.8 Å². The summed E-state index contributed by atoms with van der Waals surface area (Å²) >= 11 is 18.1. The third kappa shape index (κ3) is 3.44. The summed E-state index contributed by atoms with van der Waals surface area (Å²) in [5, 5.41) is 5.06. The first-order chi connectivity index (χ1) is 7.45. The zero-order chi connectivity index (χ0) is 12.3. The fourth-order valence-corrected chi connectivity index (χ4v) is 2.53. The van der Waals surface area contributed by atoms with Crippen LogP contribution in [0.5, 0.6) is 0 Å². The molecule has 1 aromatic carbocycles. The van der Waals surface area contributed by atoms with Crippen LogP contribution in [0, 0.1) is 5.92 Å². The zero-order valence-electron chi connectivity index (χ0n) is 9.65. The van der Waals surface area contributed by atoms with Gasteiger partial charge >= 0.3 is 0 Å². The first kappa shape index (κ1) is 14.0. The van der Waals surface area contributed by atoms with E-state index in [0.717, 1.165) is 12.1 Å². The molecular formula is C12H16Cl3N. The molecule has 1 aromatic rings. The van der Waals surface area contributed by atoms with Crippen LogP contribution < -0.4 is 5.32 Å². The standard InChI is InChI=1S/C12H16Cl3N/c1-4-11(7(2)3)16-12-9(14)5-8(13)6-10(12)15/h5-7,11,16H,4H2,1-3H3. The van der Waals surface area contributed by atoms with Crippen LogP contribution in [-0.2, 0) is 0 Å². The first-order valence-electron chi connectivity index (χ1n) is 5.36. The van der Waals surface area contributed by atoms with Crippen LogP contribution in [-0.4, -0.2) is 6.04 Å². The van der Waals surface area contributed by atoms with Gasteiger partial charge in [0, 0.05) is 11.1 Å². The SMILES string of the molecule is CCC(Nc1c(Cl)cc(Cl)cc1Cl)C(C)C. The summed E-state index contributed by atoms with van der Waals surface area (Å²) < 4.78 is 0. The van der Waals surface area contributed by atoms with Crippen molar-refractivity contribution in [3.05, 3.63) is 27.2 Å². The van der Waals surface area contributed by atoms with Gasteiger partial charge in [0.1, 0.15) is 0 Å². The Morgan fingerprint density at radius 3 is 2.00 bits per heavy atom. The number of hydrogen-bond donors (Lipinski definition) is 1. The van der Waals surface area contributed by atoms with E-state index in [1.165, 1.54) is 0 Å². The van der Waals surface area contributed by atoms with Crippen molar-refractivity contribution in [3.63, 3.8) is 0 Å². The summed E-state index contributed by atoms with van der Waals surface area (Å²) in [6, 6.07) is 3.76. The lowest BCUT2D eigenvalue weighted by Crippen LogP contribution is -2.24. The number of halogens is 3. The van der Waals surface area contributed by atoms with Crippen molar-refractivity contribution < 1.29 is 0 Å². The van der Waals surface area contributed by atoms with Gasteiger partial charge in [-0.15, -0.1) is 0 Å². The highest BCUT2D eigenvalue weighted by molar-refractivity contribution is 6.41. The molecule has 16 heavy (non-hydrogen) atoms. The van der Waals surface area contributed by atoms with Crippen molar-refractivity contribution in [2.45, 2.75) is 33.2 Å². The fourth-order valence-electron chi connectivity index (χ4n) is 1.61. The highest BCUT2D eigenvalue weighted by Crippen LogP contribution is 2.34. The van der Waals surface area contributed by atoms with Gasteiger partial charge in [0.05, 0.1) is 15.7 Å². The van der Waals surface area contributed by atoms with Gasteiger partial charge in [0.2, 0.25) is 0 Å². The van der Waals surface area contributed by atoms with E-state index in [4.69, 9.17) is 34.8 Å². The Labute approximate surface area is 112 Å². The van der Waals surface area contributed by atoms with Crippen LogP contribution in [0.1, 0.15) is 27.2 Å². The minimum atomic E-state index is 0.358. The van der Waals surface area contributed by atoms with E-state index in [9.17, 15) is 0 Å². The molecule has 90 valence electrons. The molecule has 1 unspecified atom stereocenters. The van der Waals surface area contributed by atoms with E-state index < -0.39 is 0 Å². The second kappa shape index (κ2) is 6.00. The molecule has 1 rings (SSSR count). The molecule has 0 heterocycles. The first-order valence-corrected chi connectivity index (χ1v) is 6.50. The Bertz CT molecular complexity index is 340. The molecule has 0 aliphatic rings. The summed E-state index contributed by atoms with van der Waals surface area (Å²) in [7, 11) is 0. The topological polar surface area (TPSA) is 12.0 Å².